The molecule has 2 unspecified atom stereocenters. The van der Waals surface area contributed by atoms with Crippen LogP contribution in [0.3, 0.4) is 0 Å². The lowest BCUT2D eigenvalue weighted by Gasteiger charge is -2.18. The van der Waals surface area contributed by atoms with Crippen LogP contribution < -0.4 is 11.1 Å². The molecule has 1 amide bonds. The third-order valence-electron chi connectivity index (χ3n) is 4.12. The number of pyridine rings is 1. The Bertz CT molecular complexity index is 683. The van der Waals surface area contributed by atoms with E-state index in [1.807, 2.05) is 24.8 Å². The zero-order valence-electron chi connectivity index (χ0n) is 12.2. The molecule has 0 bridgehead atoms. The van der Waals surface area contributed by atoms with Gasteiger partial charge in [-0.3, -0.25) is 4.79 Å². The van der Waals surface area contributed by atoms with Crippen molar-refractivity contribution < 1.29 is 4.79 Å². The van der Waals surface area contributed by atoms with Gasteiger partial charge < -0.3 is 11.1 Å². The Kier molecular flexibility index (Phi) is 4.08. The summed E-state index contributed by atoms with van der Waals surface area (Å²) >= 11 is 3.22. The van der Waals surface area contributed by atoms with E-state index in [4.69, 9.17) is 5.73 Å². The third-order valence-corrected chi connectivity index (χ3v) is 6.40. The minimum absolute atomic E-state index is 0.0548. The zero-order chi connectivity index (χ0) is 15.0. The van der Waals surface area contributed by atoms with Crippen molar-refractivity contribution in [3.63, 3.8) is 0 Å². The maximum Gasteiger partial charge on any atom is 0.263 e. The summed E-state index contributed by atoms with van der Waals surface area (Å²) in [4.78, 5) is 18.3. The Hall–Kier alpha value is -1.27. The molecule has 3 N–H and O–H groups in total. The van der Waals surface area contributed by atoms with E-state index in [9.17, 15) is 4.79 Å². The number of thiophene rings is 1. The molecule has 1 fully saturated rings. The van der Waals surface area contributed by atoms with Gasteiger partial charge in [-0.05, 0) is 37.7 Å². The molecule has 112 valence electrons. The highest BCUT2D eigenvalue weighted by Crippen LogP contribution is 2.35. The summed E-state index contributed by atoms with van der Waals surface area (Å²) in [5.74, 6) is -0.0548. The number of nitrogens with one attached hydrogen (secondary N) is 1. The summed E-state index contributed by atoms with van der Waals surface area (Å²) in [5.41, 5.74) is 7.82. The molecule has 3 rings (SSSR count). The van der Waals surface area contributed by atoms with Gasteiger partial charge in [-0.2, -0.15) is 11.8 Å². The molecule has 0 aromatic carbocycles. The van der Waals surface area contributed by atoms with Gasteiger partial charge in [-0.15, -0.1) is 11.3 Å². The molecule has 0 spiro atoms. The van der Waals surface area contributed by atoms with E-state index in [0.29, 0.717) is 15.8 Å². The topological polar surface area (TPSA) is 68.0 Å². The van der Waals surface area contributed by atoms with Crippen molar-refractivity contribution in [2.24, 2.45) is 0 Å². The third kappa shape index (κ3) is 2.62. The fourth-order valence-electron chi connectivity index (χ4n) is 2.98. The molecule has 1 aliphatic rings. The van der Waals surface area contributed by atoms with Crippen molar-refractivity contribution in [2.75, 3.05) is 12.0 Å². The van der Waals surface area contributed by atoms with Gasteiger partial charge in [-0.25, -0.2) is 4.98 Å². The summed E-state index contributed by atoms with van der Waals surface area (Å²) in [6, 6.07) is 2.18. The second-order valence-corrected chi connectivity index (χ2v) is 7.51. The number of anilines is 1. The zero-order valence-corrected chi connectivity index (χ0v) is 13.8. The van der Waals surface area contributed by atoms with Crippen LogP contribution in [0, 0.1) is 6.92 Å². The summed E-state index contributed by atoms with van der Waals surface area (Å²) in [5, 5.41) is 4.60. The van der Waals surface area contributed by atoms with E-state index in [1.165, 1.54) is 24.2 Å². The van der Waals surface area contributed by atoms with Gasteiger partial charge in [0, 0.05) is 22.9 Å². The lowest BCUT2D eigenvalue weighted by Crippen LogP contribution is -2.38. The summed E-state index contributed by atoms with van der Waals surface area (Å²) in [6.45, 7) is 2.00. The SMILES string of the molecule is CSC1CCCC1NC(=O)c1sc2nccc(C)c2c1N. The number of carbonyl (C=O) groups is 1. The molecule has 2 aromatic rings. The fraction of sp³-hybridized carbons (Fsp3) is 0.467. The Morgan fingerprint density at radius 3 is 3.05 bits per heavy atom. The normalized spacial score (nSPS) is 21.8. The number of hydrogen-bond donors (Lipinski definition) is 2. The van der Waals surface area contributed by atoms with E-state index in [0.717, 1.165) is 22.2 Å². The van der Waals surface area contributed by atoms with Crippen LogP contribution in [0.1, 0.15) is 34.5 Å². The van der Waals surface area contributed by atoms with E-state index < -0.39 is 0 Å². The van der Waals surface area contributed by atoms with Gasteiger partial charge in [0.1, 0.15) is 9.71 Å². The number of thioether (sulfide) groups is 1. The molecule has 1 saturated carbocycles. The molecule has 0 saturated heterocycles. The molecular formula is C15H19N3OS2. The highest BCUT2D eigenvalue weighted by Gasteiger charge is 2.29. The number of rotatable bonds is 3. The number of nitrogen functional groups attached to an aromatic ring is 1. The smallest absolute Gasteiger partial charge is 0.263 e. The van der Waals surface area contributed by atoms with Crippen LogP contribution >= 0.6 is 23.1 Å². The molecule has 21 heavy (non-hydrogen) atoms. The number of hydrogen-bond acceptors (Lipinski definition) is 5. The Morgan fingerprint density at radius 2 is 2.33 bits per heavy atom. The van der Waals surface area contributed by atoms with Crippen molar-refractivity contribution in [2.45, 2.75) is 37.5 Å². The first-order chi connectivity index (χ1) is 10.1. The summed E-state index contributed by atoms with van der Waals surface area (Å²) in [6.07, 6.45) is 7.28. The first kappa shape index (κ1) is 14.7. The van der Waals surface area contributed by atoms with Crippen LogP contribution in [0.15, 0.2) is 12.3 Å². The maximum atomic E-state index is 12.5. The van der Waals surface area contributed by atoms with E-state index in [2.05, 4.69) is 16.6 Å². The van der Waals surface area contributed by atoms with Crippen molar-refractivity contribution in [1.29, 1.82) is 0 Å². The van der Waals surface area contributed by atoms with E-state index in [-0.39, 0.29) is 11.9 Å². The van der Waals surface area contributed by atoms with Gasteiger partial charge in [-0.1, -0.05) is 6.42 Å². The Labute approximate surface area is 132 Å². The lowest BCUT2D eigenvalue weighted by molar-refractivity contribution is 0.0943. The molecule has 0 radical (unpaired) electrons. The first-order valence-corrected chi connectivity index (χ1v) is 9.19. The molecular weight excluding hydrogens is 302 g/mol. The van der Waals surface area contributed by atoms with Gasteiger partial charge in [0.05, 0.1) is 5.69 Å². The number of nitrogens with zero attached hydrogens (tertiary/aromatic N) is 1. The molecule has 2 aromatic heterocycles. The second kappa shape index (κ2) is 5.85. The second-order valence-electron chi connectivity index (χ2n) is 5.44. The average Bonchev–Trinajstić information content (AvgIpc) is 3.04. The molecule has 0 aliphatic heterocycles. The Balaban J connectivity index is 1.88. The fourth-order valence-corrected chi connectivity index (χ4v) is 4.96. The first-order valence-electron chi connectivity index (χ1n) is 7.09. The van der Waals surface area contributed by atoms with Crippen molar-refractivity contribution in [3.8, 4) is 0 Å². The predicted octanol–water partition coefficient (Wildman–Crippen LogP) is 3.20. The molecule has 2 heterocycles. The summed E-state index contributed by atoms with van der Waals surface area (Å²) in [7, 11) is 0. The average molecular weight is 321 g/mol. The molecule has 6 heteroatoms. The van der Waals surface area contributed by atoms with Crippen LogP contribution in [-0.4, -0.2) is 28.4 Å². The van der Waals surface area contributed by atoms with Gasteiger partial charge in [0.15, 0.2) is 0 Å². The van der Waals surface area contributed by atoms with Crippen LogP contribution in [0.5, 0.6) is 0 Å². The highest BCUT2D eigenvalue weighted by atomic mass is 32.2. The van der Waals surface area contributed by atoms with Crippen molar-refractivity contribution >= 4 is 44.9 Å². The van der Waals surface area contributed by atoms with Crippen molar-refractivity contribution in [3.05, 3.63) is 22.7 Å². The monoisotopic (exact) mass is 321 g/mol. The molecule has 1 aliphatic carbocycles. The molecule has 4 nitrogen and oxygen atoms in total. The van der Waals surface area contributed by atoms with Crippen molar-refractivity contribution in [1.82, 2.24) is 10.3 Å². The lowest BCUT2D eigenvalue weighted by atomic mass is 10.1. The van der Waals surface area contributed by atoms with Crippen LogP contribution in [0.25, 0.3) is 10.2 Å². The summed E-state index contributed by atoms with van der Waals surface area (Å²) < 4.78 is 0. The van der Waals surface area contributed by atoms with E-state index >= 15 is 0 Å². The largest absolute Gasteiger partial charge is 0.397 e. The van der Waals surface area contributed by atoms with E-state index in [1.54, 1.807) is 6.20 Å². The minimum atomic E-state index is -0.0548. The molecule has 2 atom stereocenters. The predicted molar refractivity (Wildman–Crippen MR) is 91.2 cm³/mol. The maximum absolute atomic E-state index is 12.5. The number of aryl methyl sites for hydroxylation is 1. The quantitative estimate of drug-likeness (QED) is 0.911. The van der Waals surface area contributed by atoms with Gasteiger partial charge in [0.25, 0.3) is 5.91 Å². The number of fused-ring (bicyclic) bond motifs is 1. The number of aromatic nitrogens is 1. The standard InChI is InChI=1S/C15H19N3OS2/c1-8-6-7-17-15-11(8)12(16)13(21-15)14(19)18-9-4-3-5-10(9)20-2/h6-7,9-10H,3-5,16H2,1-2H3,(H,18,19). The number of carbonyl (C=O) groups excluding carboxylic acids is 1. The number of amides is 1. The minimum Gasteiger partial charge on any atom is -0.397 e. The van der Waals surface area contributed by atoms with Crippen LogP contribution in [-0.2, 0) is 0 Å². The van der Waals surface area contributed by atoms with Crippen LogP contribution in [0.4, 0.5) is 5.69 Å². The van der Waals surface area contributed by atoms with Crippen LogP contribution in [0.2, 0.25) is 0 Å². The Morgan fingerprint density at radius 1 is 1.52 bits per heavy atom. The van der Waals surface area contributed by atoms with Gasteiger partial charge >= 0.3 is 0 Å². The number of nitrogens with two attached hydrogens (primary N) is 1. The van der Waals surface area contributed by atoms with Gasteiger partial charge in [0.2, 0.25) is 0 Å². The highest BCUT2D eigenvalue weighted by molar-refractivity contribution is 7.99.